The number of fused-ring (bicyclic) bond motifs is 3. The van der Waals surface area contributed by atoms with Crippen molar-refractivity contribution >= 4 is 18.1 Å². The smallest absolute Gasteiger partial charge is 0.252 e. The summed E-state index contributed by atoms with van der Waals surface area (Å²) in [7, 11) is 1.46. The highest BCUT2D eigenvalue weighted by atomic mass is 16.5. The van der Waals surface area contributed by atoms with E-state index in [2.05, 4.69) is 5.32 Å². The van der Waals surface area contributed by atoms with Gasteiger partial charge in [0.2, 0.25) is 5.91 Å². The third-order valence-electron chi connectivity index (χ3n) is 7.91. The van der Waals surface area contributed by atoms with Crippen LogP contribution >= 0.6 is 0 Å². The van der Waals surface area contributed by atoms with E-state index in [0.717, 1.165) is 32.1 Å². The van der Waals surface area contributed by atoms with E-state index in [1.807, 2.05) is 0 Å². The number of aldehydes is 1. The number of nitrogens with one attached hydrogen (secondary N) is 1. The van der Waals surface area contributed by atoms with Crippen LogP contribution in [0.15, 0.2) is 23.8 Å². The molecule has 5 atom stereocenters. The van der Waals surface area contributed by atoms with Crippen molar-refractivity contribution in [2.75, 3.05) is 26.9 Å². The van der Waals surface area contributed by atoms with Crippen molar-refractivity contribution in [2.45, 2.75) is 74.8 Å². The van der Waals surface area contributed by atoms with Crippen molar-refractivity contribution in [3.63, 3.8) is 0 Å². The van der Waals surface area contributed by atoms with E-state index in [4.69, 9.17) is 14.2 Å². The first-order chi connectivity index (χ1) is 18.0. The van der Waals surface area contributed by atoms with Crippen molar-refractivity contribution in [1.29, 1.82) is 0 Å². The van der Waals surface area contributed by atoms with Gasteiger partial charge in [0.15, 0.2) is 11.5 Å². The van der Waals surface area contributed by atoms with Gasteiger partial charge in [0, 0.05) is 35.9 Å². The highest BCUT2D eigenvalue weighted by Gasteiger charge is 2.53. The van der Waals surface area contributed by atoms with Crippen LogP contribution in [0.25, 0.3) is 0 Å². The maximum absolute atomic E-state index is 13.7. The molecular weight excluding hydrogens is 480 g/mol. The highest BCUT2D eigenvalue weighted by molar-refractivity contribution is 5.96. The lowest BCUT2D eigenvalue weighted by molar-refractivity contribution is -0.150. The minimum Gasteiger partial charge on any atom is -0.493 e. The summed E-state index contributed by atoms with van der Waals surface area (Å²) in [5, 5.41) is 23.7. The van der Waals surface area contributed by atoms with E-state index in [9.17, 15) is 24.6 Å². The van der Waals surface area contributed by atoms with Gasteiger partial charge >= 0.3 is 0 Å². The topological polar surface area (TPSA) is 135 Å². The Morgan fingerprint density at radius 3 is 2.65 bits per heavy atom. The molecule has 200 valence electrons. The number of nitrogens with zero attached hydrogens (tertiary/aromatic N) is 1. The SMILES string of the molecule is COc1cc(C=O)cc2c1OC1C2C(C(=O)NCCO)=CC(N(C(=O)C2CCCO2)C2CCCC2)C1O. The van der Waals surface area contributed by atoms with Gasteiger partial charge in [-0.2, -0.15) is 0 Å². The standard InChI is InChI=1S/C27H34N2O8/c1-35-21-12-15(14-31)11-17-22-18(26(33)28-8-9-30)13-19(23(32)25(22)37-24(17)21)29(16-5-2-3-6-16)27(34)20-7-4-10-36-20/h11-14,16,19-20,22-23,25,30,32H,2-10H2,1H3,(H,28,33). The largest absolute Gasteiger partial charge is 0.493 e. The van der Waals surface area contributed by atoms with Crippen LogP contribution in [0.3, 0.4) is 0 Å². The van der Waals surface area contributed by atoms with Gasteiger partial charge < -0.3 is 34.6 Å². The Labute approximate surface area is 215 Å². The van der Waals surface area contributed by atoms with Gasteiger partial charge in [-0.05, 0) is 43.9 Å². The van der Waals surface area contributed by atoms with Crippen LogP contribution in [0.5, 0.6) is 11.5 Å². The van der Waals surface area contributed by atoms with Crippen LogP contribution < -0.4 is 14.8 Å². The fraction of sp³-hybridized carbons (Fsp3) is 0.593. The van der Waals surface area contributed by atoms with Gasteiger partial charge in [-0.3, -0.25) is 14.4 Å². The van der Waals surface area contributed by atoms with Gasteiger partial charge in [0.1, 0.15) is 24.6 Å². The second kappa shape index (κ2) is 10.8. The lowest BCUT2D eigenvalue weighted by Crippen LogP contribution is -2.59. The molecule has 2 aliphatic carbocycles. The number of hydrogen-bond donors (Lipinski definition) is 3. The molecule has 4 aliphatic rings. The lowest BCUT2D eigenvalue weighted by Gasteiger charge is -2.44. The molecule has 1 aromatic rings. The normalized spacial score (nSPS) is 28.6. The van der Waals surface area contributed by atoms with Crippen LogP contribution in [-0.2, 0) is 14.3 Å². The molecular formula is C27H34N2O8. The molecule has 10 nitrogen and oxygen atoms in total. The number of amides is 2. The quantitative estimate of drug-likeness (QED) is 0.439. The van der Waals surface area contributed by atoms with E-state index in [0.29, 0.717) is 47.5 Å². The zero-order valence-electron chi connectivity index (χ0n) is 20.9. The molecule has 0 aromatic heterocycles. The molecule has 1 saturated heterocycles. The number of benzene rings is 1. The molecule has 1 saturated carbocycles. The Morgan fingerprint density at radius 1 is 1.22 bits per heavy atom. The average molecular weight is 515 g/mol. The summed E-state index contributed by atoms with van der Waals surface area (Å²) >= 11 is 0. The summed E-state index contributed by atoms with van der Waals surface area (Å²) in [5.74, 6) is -0.590. The molecule has 2 aliphatic heterocycles. The summed E-state index contributed by atoms with van der Waals surface area (Å²) in [4.78, 5) is 40.5. The van der Waals surface area contributed by atoms with Crippen molar-refractivity contribution in [3.05, 3.63) is 34.9 Å². The van der Waals surface area contributed by atoms with Gasteiger partial charge in [-0.1, -0.05) is 12.8 Å². The van der Waals surface area contributed by atoms with E-state index < -0.39 is 36.2 Å². The molecule has 3 N–H and O–H groups in total. The number of aliphatic hydroxyl groups is 2. The number of carbonyl (C=O) groups is 3. The average Bonchev–Trinajstić information content (AvgIpc) is 3.69. The number of aliphatic hydroxyl groups excluding tert-OH is 2. The first-order valence-electron chi connectivity index (χ1n) is 13.0. The Kier molecular flexibility index (Phi) is 7.50. The summed E-state index contributed by atoms with van der Waals surface area (Å²) in [5.41, 5.74) is 1.24. The Bertz CT molecular complexity index is 1080. The molecule has 0 radical (unpaired) electrons. The predicted molar refractivity (Wildman–Crippen MR) is 132 cm³/mol. The molecule has 5 rings (SSSR count). The molecule has 0 bridgehead atoms. The minimum absolute atomic E-state index is 0.0490. The van der Waals surface area contributed by atoms with Crippen molar-refractivity contribution in [2.24, 2.45) is 0 Å². The van der Waals surface area contributed by atoms with E-state index in [1.165, 1.54) is 7.11 Å². The van der Waals surface area contributed by atoms with Gasteiger partial charge in [0.05, 0.1) is 25.7 Å². The number of ether oxygens (including phenoxy) is 3. The monoisotopic (exact) mass is 514 g/mol. The van der Waals surface area contributed by atoms with Crippen molar-refractivity contribution in [3.8, 4) is 11.5 Å². The fourth-order valence-corrected chi connectivity index (χ4v) is 6.22. The number of methoxy groups -OCH3 is 1. The lowest BCUT2D eigenvalue weighted by atomic mass is 9.76. The maximum Gasteiger partial charge on any atom is 0.252 e. The summed E-state index contributed by atoms with van der Waals surface area (Å²) < 4.78 is 17.4. The van der Waals surface area contributed by atoms with Gasteiger partial charge in [-0.15, -0.1) is 0 Å². The summed E-state index contributed by atoms with van der Waals surface area (Å²) in [6, 6.07) is 2.31. The Hall–Kier alpha value is -2.95. The van der Waals surface area contributed by atoms with Crippen LogP contribution in [0.1, 0.15) is 60.4 Å². The molecule has 10 heteroatoms. The molecule has 5 unspecified atom stereocenters. The van der Waals surface area contributed by atoms with Crippen LogP contribution in [-0.4, -0.2) is 90.5 Å². The third-order valence-corrected chi connectivity index (χ3v) is 7.91. The van der Waals surface area contributed by atoms with Crippen LogP contribution in [0.4, 0.5) is 0 Å². The molecule has 1 aromatic carbocycles. The second-order valence-electron chi connectivity index (χ2n) is 10.1. The van der Waals surface area contributed by atoms with E-state index >= 15 is 0 Å². The maximum atomic E-state index is 13.7. The fourth-order valence-electron chi connectivity index (χ4n) is 6.22. The summed E-state index contributed by atoms with van der Waals surface area (Å²) in [6.45, 7) is 0.337. The zero-order valence-corrected chi connectivity index (χ0v) is 20.9. The second-order valence-corrected chi connectivity index (χ2v) is 10.1. The van der Waals surface area contributed by atoms with Crippen LogP contribution in [0, 0.1) is 0 Å². The third kappa shape index (κ3) is 4.62. The predicted octanol–water partition coefficient (Wildman–Crippen LogP) is 1.08. The van der Waals surface area contributed by atoms with Crippen molar-refractivity contribution in [1.82, 2.24) is 10.2 Å². The summed E-state index contributed by atoms with van der Waals surface area (Å²) in [6.07, 6.45) is 4.79. The molecule has 37 heavy (non-hydrogen) atoms. The molecule has 2 fully saturated rings. The zero-order chi connectivity index (χ0) is 26.1. The van der Waals surface area contributed by atoms with Gasteiger partial charge in [0.25, 0.3) is 5.91 Å². The molecule has 2 heterocycles. The van der Waals surface area contributed by atoms with Gasteiger partial charge in [-0.25, -0.2) is 0 Å². The first kappa shape index (κ1) is 25.7. The Morgan fingerprint density at radius 2 is 2.00 bits per heavy atom. The van der Waals surface area contributed by atoms with E-state index in [-0.39, 0.29) is 25.1 Å². The Balaban J connectivity index is 1.59. The number of carbonyl (C=O) groups excluding carboxylic acids is 3. The number of hydrogen-bond acceptors (Lipinski definition) is 8. The van der Waals surface area contributed by atoms with E-state index in [1.54, 1.807) is 23.1 Å². The molecule has 0 spiro atoms. The first-order valence-corrected chi connectivity index (χ1v) is 13.0. The number of rotatable bonds is 8. The minimum atomic E-state index is -1.14. The van der Waals surface area contributed by atoms with Crippen LogP contribution in [0.2, 0.25) is 0 Å². The highest BCUT2D eigenvalue weighted by Crippen LogP contribution is 2.51. The molecule has 2 amide bonds. The van der Waals surface area contributed by atoms with Crippen molar-refractivity contribution < 1.29 is 38.8 Å².